The molecule has 2 aliphatic carbocycles. The number of aryl methyl sites for hydroxylation is 1. The number of nitriles is 1. The highest BCUT2D eigenvalue weighted by Crippen LogP contribution is 2.44. The summed E-state index contributed by atoms with van der Waals surface area (Å²) in [6.07, 6.45) is -0.639. The Kier molecular flexibility index (Phi) is 6.32. The molecule has 0 spiro atoms. The van der Waals surface area contributed by atoms with E-state index >= 15 is 0 Å². The first-order chi connectivity index (χ1) is 17.0. The Morgan fingerprint density at radius 2 is 1.81 bits per heavy atom. The first kappa shape index (κ1) is 25.1. The minimum atomic E-state index is -4.42. The summed E-state index contributed by atoms with van der Waals surface area (Å²) >= 11 is 0. The minimum Gasteiger partial charge on any atom is -0.346 e. The second-order valence-corrected chi connectivity index (χ2v) is 12.0. The number of halogens is 3. The summed E-state index contributed by atoms with van der Waals surface area (Å²) in [6, 6.07) is 4.93. The predicted octanol–water partition coefficient (Wildman–Crippen LogP) is 4.32. The molecule has 5 rings (SSSR count). The highest BCUT2D eigenvalue weighted by molar-refractivity contribution is 7.89. The number of carbonyl (C=O) groups excluding carboxylic acids is 1. The molecule has 1 N–H and O–H groups in total. The van der Waals surface area contributed by atoms with Crippen LogP contribution in [0.25, 0.3) is 10.9 Å². The van der Waals surface area contributed by atoms with Gasteiger partial charge in [-0.15, -0.1) is 0 Å². The molecule has 36 heavy (non-hydrogen) atoms. The number of hydrogen-bond donors (Lipinski definition) is 1. The molecule has 7 nitrogen and oxygen atoms in total. The van der Waals surface area contributed by atoms with Crippen molar-refractivity contribution in [2.45, 2.75) is 80.4 Å². The van der Waals surface area contributed by atoms with Crippen LogP contribution in [0.15, 0.2) is 23.1 Å². The molecule has 0 bridgehead atoms. The van der Waals surface area contributed by atoms with Gasteiger partial charge in [0.1, 0.15) is 12.1 Å². The Hall–Kier alpha value is -2.58. The quantitative estimate of drug-likeness (QED) is 0.633. The molecular weight excluding hydrogens is 493 g/mol. The normalized spacial score (nSPS) is 25.3. The average Bonchev–Trinajstić information content (AvgIpc) is 3.45. The number of alkyl halides is 3. The molecule has 11 heteroatoms. The van der Waals surface area contributed by atoms with E-state index in [1.165, 1.54) is 6.07 Å². The molecule has 1 aromatic heterocycles. The Morgan fingerprint density at radius 3 is 2.42 bits per heavy atom. The largest absolute Gasteiger partial charge is 0.408 e. The molecular formula is C25H29F3N4O3S. The molecule has 2 aromatic rings. The number of carbonyl (C=O) groups is 1. The van der Waals surface area contributed by atoms with Gasteiger partial charge in [-0.25, -0.2) is 13.1 Å². The summed E-state index contributed by atoms with van der Waals surface area (Å²) in [5.74, 6) is -0.649. The number of fused-ring (bicyclic) bond motifs is 1. The number of likely N-dealkylation sites (tertiary alicyclic amines) is 1. The maximum Gasteiger partial charge on any atom is 0.408 e. The molecule has 1 amide bonds. The fraction of sp³-hybridized carbons (Fsp3) is 0.600. The molecule has 194 valence electrons. The number of sulfonamides is 1. The zero-order chi connectivity index (χ0) is 25.8. The standard InChI is InChI=1S/C25H29F3N4O3S/c1-31-21-13-18(10-11-19(21)20(14-29)23(31)15-4-5-15)36(34,35)30-17-8-6-16(7-9-17)24(33)32-12-2-3-22(32)25(26,27)28/h10-11,13,15-17,22,30H,2-9,12H2,1H3. The van der Waals surface area contributed by atoms with Crippen LogP contribution < -0.4 is 4.72 Å². The lowest BCUT2D eigenvalue weighted by Crippen LogP contribution is -2.48. The van der Waals surface area contributed by atoms with Gasteiger partial charge < -0.3 is 9.47 Å². The summed E-state index contributed by atoms with van der Waals surface area (Å²) in [4.78, 5) is 13.9. The number of amides is 1. The molecule has 1 unspecified atom stereocenters. The molecule has 1 atom stereocenters. The van der Waals surface area contributed by atoms with Crippen molar-refractivity contribution in [2.24, 2.45) is 13.0 Å². The molecule has 3 fully saturated rings. The lowest BCUT2D eigenvalue weighted by Gasteiger charge is -2.33. The fourth-order valence-corrected chi connectivity index (χ4v) is 7.23. The van der Waals surface area contributed by atoms with E-state index in [1.807, 2.05) is 11.6 Å². The van der Waals surface area contributed by atoms with Gasteiger partial charge >= 0.3 is 6.18 Å². The molecule has 1 saturated heterocycles. The van der Waals surface area contributed by atoms with Crippen molar-refractivity contribution in [3.05, 3.63) is 29.5 Å². The van der Waals surface area contributed by atoms with Gasteiger partial charge in [0.15, 0.2) is 0 Å². The number of aromatic nitrogens is 1. The van der Waals surface area contributed by atoms with Crippen LogP contribution in [0.3, 0.4) is 0 Å². The lowest BCUT2D eigenvalue weighted by atomic mass is 9.85. The maximum atomic E-state index is 13.3. The van der Waals surface area contributed by atoms with E-state index in [2.05, 4.69) is 10.8 Å². The third kappa shape index (κ3) is 4.50. The number of nitrogens with zero attached hydrogens (tertiary/aromatic N) is 3. The summed E-state index contributed by atoms with van der Waals surface area (Å²) in [6.45, 7) is 0.118. The number of nitrogens with one attached hydrogen (secondary N) is 1. The minimum absolute atomic E-state index is 0.0616. The van der Waals surface area contributed by atoms with E-state index in [-0.39, 0.29) is 17.9 Å². The van der Waals surface area contributed by atoms with E-state index in [4.69, 9.17) is 0 Å². The Bertz CT molecular complexity index is 1330. The van der Waals surface area contributed by atoms with Crippen LogP contribution in [-0.4, -0.2) is 48.6 Å². The molecule has 2 heterocycles. The Morgan fingerprint density at radius 1 is 1.11 bits per heavy atom. The predicted molar refractivity (Wildman–Crippen MR) is 126 cm³/mol. The van der Waals surface area contributed by atoms with E-state index in [9.17, 15) is 31.6 Å². The smallest absolute Gasteiger partial charge is 0.346 e. The van der Waals surface area contributed by atoms with Gasteiger partial charge in [0.05, 0.1) is 16.0 Å². The van der Waals surface area contributed by atoms with Crippen molar-refractivity contribution >= 4 is 26.8 Å². The summed E-state index contributed by atoms with van der Waals surface area (Å²) in [5.41, 5.74) is 2.24. The molecule has 3 aliphatic rings. The second-order valence-electron chi connectivity index (χ2n) is 10.3. The van der Waals surface area contributed by atoms with Crippen LogP contribution in [0.4, 0.5) is 13.2 Å². The second kappa shape index (κ2) is 9.06. The van der Waals surface area contributed by atoms with Gasteiger partial charge in [-0.1, -0.05) is 6.07 Å². The molecule has 2 saturated carbocycles. The van der Waals surface area contributed by atoms with Gasteiger partial charge in [0, 0.05) is 42.6 Å². The van der Waals surface area contributed by atoms with Crippen molar-refractivity contribution in [3.63, 3.8) is 0 Å². The third-order valence-electron chi connectivity index (χ3n) is 7.92. The first-order valence-electron chi connectivity index (χ1n) is 12.4. The van der Waals surface area contributed by atoms with Gasteiger partial charge in [-0.3, -0.25) is 4.79 Å². The lowest BCUT2D eigenvalue weighted by molar-refractivity contribution is -0.184. The average molecular weight is 523 g/mol. The van der Waals surface area contributed by atoms with E-state index in [1.54, 1.807) is 12.1 Å². The topological polar surface area (TPSA) is 95.2 Å². The van der Waals surface area contributed by atoms with Crippen LogP contribution in [0.5, 0.6) is 0 Å². The van der Waals surface area contributed by atoms with Gasteiger partial charge in [-0.2, -0.15) is 18.4 Å². The number of benzene rings is 1. The highest BCUT2D eigenvalue weighted by atomic mass is 32.2. The van der Waals surface area contributed by atoms with E-state index in [0.717, 1.165) is 28.8 Å². The van der Waals surface area contributed by atoms with Crippen LogP contribution in [0, 0.1) is 17.2 Å². The zero-order valence-electron chi connectivity index (χ0n) is 20.0. The van der Waals surface area contributed by atoms with Gasteiger partial charge in [-0.05, 0) is 63.5 Å². The van der Waals surface area contributed by atoms with E-state index in [0.29, 0.717) is 49.1 Å². The number of hydrogen-bond acceptors (Lipinski definition) is 4. The van der Waals surface area contributed by atoms with E-state index < -0.39 is 40.1 Å². The Labute approximate surface area is 208 Å². The zero-order valence-corrected chi connectivity index (χ0v) is 20.8. The van der Waals surface area contributed by atoms with Gasteiger partial charge in [0.25, 0.3) is 0 Å². The summed E-state index contributed by atoms with van der Waals surface area (Å²) in [7, 11) is -2.01. The summed E-state index contributed by atoms with van der Waals surface area (Å²) in [5, 5.41) is 10.4. The fourth-order valence-electron chi connectivity index (χ4n) is 5.91. The van der Waals surface area contributed by atoms with Crippen LogP contribution in [-0.2, 0) is 21.9 Å². The molecule has 0 radical (unpaired) electrons. The number of rotatable bonds is 5. The summed E-state index contributed by atoms with van der Waals surface area (Å²) < 4.78 is 70.7. The van der Waals surface area contributed by atoms with Crippen molar-refractivity contribution < 1.29 is 26.4 Å². The van der Waals surface area contributed by atoms with Crippen LogP contribution in [0.2, 0.25) is 0 Å². The highest BCUT2D eigenvalue weighted by Gasteiger charge is 2.49. The monoisotopic (exact) mass is 522 g/mol. The van der Waals surface area contributed by atoms with Crippen molar-refractivity contribution in [1.29, 1.82) is 5.26 Å². The van der Waals surface area contributed by atoms with Gasteiger partial charge in [0.2, 0.25) is 15.9 Å². The van der Waals surface area contributed by atoms with Crippen molar-refractivity contribution in [3.8, 4) is 6.07 Å². The Balaban J connectivity index is 1.26. The SMILES string of the molecule is Cn1c(C2CC2)c(C#N)c2ccc(S(=O)(=O)NC3CCC(C(=O)N4CCCC4C(F)(F)F)CC3)cc21. The van der Waals surface area contributed by atoms with Crippen molar-refractivity contribution in [2.75, 3.05) is 6.54 Å². The van der Waals surface area contributed by atoms with Crippen LogP contribution in [0.1, 0.15) is 68.5 Å². The first-order valence-corrected chi connectivity index (χ1v) is 13.9. The van der Waals surface area contributed by atoms with Crippen molar-refractivity contribution in [1.82, 2.24) is 14.2 Å². The van der Waals surface area contributed by atoms with Crippen LogP contribution >= 0.6 is 0 Å². The molecule has 1 aliphatic heterocycles. The molecule has 1 aromatic carbocycles. The third-order valence-corrected chi connectivity index (χ3v) is 9.43. The maximum absolute atomic E-state index is 13.3.